The summed E-state index contributed by atoms with van der Waals surface area (Å²) in [5.41, 5.74) is 4.76. The maximum atomic E-state index is 5.36. The average molecular weight is 202 g/mol. The zero-order valence-electron chi connectivity index (χ0n) is 8.40. The lowest BCUT2D eigenvalue weighted by atomic mass is 10.1. The van der Waals surface area contributed by atoms with Crippen LogP contribution in [0.15, 0.2) is 41.4 Å². The zero-order valence-corrected chi connectivity index (χ0v) is 8.40. The summed E-state index contributed by atoms with van der Waals surface area (Å²) in [6.07, 6.45) is 1.92. The summed E-state index contributed by atoms with van der Waals surface area (Å²) >= 11 is 0. The largest absolute Gasteiger partial charge is 0.383 e. The summed E-state index contributed by atoms with van der Waals surface area (Å²) < 4.78 is 0. The van der Waals surface area contributed by atoms with Crippen LogP contribution in [0.25, 0.3) is 5.70 Å². The van der Waals surface area contributed by atoms with Gasteiger partial charge in [0.05, 0.1) is 6.54 Å². The Labute approximate surface area is 88.9 Å². The van der Waals surface area contributed by atoms with Crippen molar-refractivity contribution in [3.05, 3.63) is 42.0 Å². The van der Waals surface area contributed by atoms with E-state index in [0.29, 0.717) is 5.84 Å². The molecule has 0 atom stereocenters. The van der Waals surface area contributed by atoms with Crippen molar-refractivity contribution in [3.63, 3.8) is 0 Å². The van der Waals surface area contributed by atoms with Gasteiger partial charge in [0, 0.05) is 18.3 Å². The lowest BCUT2D eigenvalue weighted by Crippen LogP contribution is -2.28. The minimum absolute atomic E-state index is 0.707. The second-order valence-corrected chi connectivity index (χ2v) is 3.26. The number of nitrogens with one attached hydrogen (secondary N) is 2. The van der Waals surface area contributed by atoms with E-state index in [2.05, 4.69) is 27.9 Å². The molecule has 0 amide bonds. The number of hydrogen-bond donors (Lipinski definition) is 3. The molecular formula is C11H14N4. The van der Waals surface area contributed by atoms with E-state index < -0.39 is 0 Å². The maximum absolute atomic E-state index is 5.36. The fourth-order valence-electron chi connectivity index (χ4n) is 1.49. The highest BCUT2D eigenvalue weighted by atomic mass is 15.3. The molecule has 4 nitrogen and oxygen atoms in total. The Morgan fingerprint density at radius 2 is 2.07 bits per heavy atom. The van der Waals surface area contributed by atoms with Crippen molar-refractivity contribution in [3.8, 4) is 0 Å². The van der Waals surface area contributed by atoms with Crippen molar-refractivity contribution in [1.29, 1.82) is 0 Å². The smallest absolute Gasteiger partial charge is 0.137 e. The first-order chi connectivity index (χ1) is 7.40. The Morgan fingerprint density at radius 3 is 2.80 bits per heavy atom. The number of amidine groups is 1. The van der Waals surface area contributed by atoms with Crippen LogP contribution in [0, 0.1) is 0 Å². The molecule has 4 heteroatoms. The Bertz CT molecular complexity index is 381. The molecule has 0 radical (unpaired) electrons. The lowest BCUT2D eigenvalue weighted by Gasteiger charge is -2.07. The van der Waals surface area contributed by atoms with Gasteiger partial charge < -0.3 is 10.7 Å². The lowest BCUT2D eigenvalue weighted by molar-refractivity contribution is 0.862. The van der Waals surface area contributed by atoms with E-state index in [1.54, 1.807) is 0 Å². The third-order valence-corrected chi connectivity index (χ3v) is 2.22. The third kappa shape index (κ3) is 2.35. The number of hydrogen-bond acceptors (Lipinski definition) is 4. The molecule has 1 heterocycles. The Morgan fingerprint density at radius 1 is 1.27 bits per heavy atom. The molecule has 0 bridgehead atoms. The summed E-state index contributed by atoms with van der Waals surface area (Å²) in [6, 6.07) is 10.1. The van der Waals surface area contributed by atoms with Gasteiger partial charge in [0.15, 0.2) is 0 Å². The van der Waals surface area contributed by atoms with Crippen LogP contribution < -0.4 is 16.6 Å². The molecule has 1 aromatic rings. The van der Waals surface area contributed by atoms with Crippen LogP contribution in [0.3, 0.4) is 0 Å². The minimum Gasteiger partial charge on any atom is -0.383 e. The van der Waals surface area contributed by atoms with Crippen LogP contribution in [-0.2, 0) is 0 Å². The minimum atomic E-state index is 0.707. The SMILES string of the molecule is NNC1=NCCNC(c2ccccc2)=C1. The number of benzene rings is 1. The van der Waals surface area contributed by atoms with Crippen LogP contribution in [-0.4, -0.2) is 18.9 Å². The molecule has 0 aliphatic carbocycles. The predicted octanol–water partition coefficient (Wildman–Crippen LogP) is 0.493. The quantitative estimate of drug-likeness (QED) is 0.459. The van der Waals surface area contributed by atoms with E-state index in [9.17, 15) is 0 Å². The second kappa shape index (κ2) is 4.61. The van der Waals surface area contributed by atoms with Gasteiger partial charge in [0.25, 0.3) is 0 Å². The number of rotatable bonds is 1. The van der Waals surface area contributed by atoms with E-state index >= 15 is 0 Å². The van der Waals surface area contributed by atoms with E-state index in [0.717, 1.165) is 24.4 Å². The first-order valence-electron chi connectivity index (χ1n) is 4.92. The van der Waals surface area contributed by atoms with Crippen LogP contribution in [0.1, 0.15) is 5.56 Å². The Balaban J connectivity index is 2.29. The van der Waals surface area contributed by atoms with Crippen molar-refractivity contribution in [2.45, 2.75) is 0 Å². The predicted molar refractivity (Wildman–Crippen MR) is 62.0 cm³/mol. The first kappa shape index (κ1) is 9.73. The molecule has 78 valence electrons. The molecule has 0 aromatic heterocycles. The second-order valence-electron chi connectivity index (χ2n) is 3.26. The van der Waals surface area contributed by atoms with Gasteiger partial charge in [-0.3, -0.25) is 4.99 Å². The number of aliphatic imine (C=N–C) groups is 1. The standard InChI is InChI=1S/C11H14N4/c12-15-11-8-10(13-6-7-14-11)9-4-2-1-3-5-9/h1-5,8,13H,6-7,12H2,(H,14,15). The summed E-state index contributed by atoms with van der Waals surface area (Å²) in [5, 5.41) is 3.31. The monoisotopic (exact) mass is 202 g/mol. The van der Waals surface area contributed by atoms with Crippen molar-refractivity contribution in [2.75, 3.05) is 13.1 Å². The van der Waals surface area contributed by atoms with Crippen molar-refractivity contribution < 1.29 is 0 Å². The van der Waals surface area contributed by atoms with Crippen molar-refractivity contribution in [1.82, 2.24) is 10.7 Å². The molecule has 2 rings (SSSR count). The number of hydrazine groups is 1. The fourth-order valence-corrected chi connectivity index (χ4v) is 1.49. The van der Waals surface area contributed by atoms with Gasteiger partial charge in [-0.15, -0.1) is 0 Å². The van der Waals surface area contributed by atoms with Crippen LogP contribution in [0.4, 0.5) is 0 Å². The summed E-state index contributed by atoms with van der Waals surface area (Å²) in [6.45, 7) is 1.55. The van der Waals surface area contributed by atoms with Gasteiger partial charge in [-0.05, 0) is 5.56 Å². The molecule has 0 saturated heterocycles. The third-order valence-electron chi connectivity index (χ3n) is 2.22. The summed E-state index contributed by atoms with van der Waals surface area (Å²) in [4.78, 5) is 4.26. The Hall–Kier alpha value is -1.81. The normalized spacial score (nSPS) is 15.8. The summed E-state index contributed by atoms with van der Waals surface area (Å²) in [5.74, 6) is 6.07. The molecule has 15 heavy (non-hydrogen) atoms. The van der Waals surface area contributed by atoms with Gasteiger partial charge in [0.1, 0.15) is 5.84 Å². The fraction of sp³-hybridized carbons (Fsp3) is 0.182. The summed E-state index contributed by atoms with van der Waals surface area (Å²) in [7, 11) is 0. The van der Waals surface area contributed by atoms with E-state index in [1.165, 1.54) is 0 Å². The van der Waals surface area contributed by atoms with Crippen LogP contribution >= 0.6 is 0 Å². The van der Waals surface area contributed by atoms with E-state index in [4.69, 9.17) is 5.84 Å². The van der Waals surface area contributed by atoms with Crippen molar-refractivity contribution in [2.24, 2.45) is 10.8 Å². The molecular weight excluding hydrogens is 188 g/mol. The highest BCUT2D eigenvalue weighted by Crippen LogP contribution is 2.11. The van der Waals surface area contributed by atoms with Gasteiger partial charge in [-0.1, -0.05) is 30.3 Å². The maximum Gasteiger partial charge on any atom is 0.137 e. The highest BCUT2D eigenvalue weighted by molar-refractivity contribution is 5.99. The zero-order chi connectivity index (χ0) is 10.5. The van der Waals surface area contributed by atoms with Gasteiger partial charge in [-0.25, -0.2) is 5.84 Å². The molecule has 0 spiro atoms. The van der Waals surface area contributed by atoms with E-state index in [-0.39, 0.29) is 0 Å². The molecule has 1 aliphatic rings. The van der Waals surface area contributed by atoms with Crippen LogP contribution in [0.2, 0.25) is 0 Å². The highest BCUT2D eigenvalue weighted by Gasteiger charge is 2.05. The Kier molecular flexibility index (Phi) is 2.99. The molecule has 1 aromatic carbocycles. The van der Waals surface area contributed by atoms with Crippen molar-refractivity contribution >= 4 is 11.5 Å². The van der Waals surface area contributed by atoms with Gasteiger partial charge in [-0.2, -0.15) is 0 Å². The van der Waals surface area contributed by atoms with Gasteiger partial charge in [0.2, 0.25) is 0 Å². The topological polar surface area (TPSA) is 62.4 Å². The van der Waals surface area contributed by atoms with Gasteiger partial charge >= 0.3 is 0 Å². The van der Waals surface area contributed by atoms with Crippen LogP contribution in [0.5, 0.6) is 0 Å². The molecule has 0 saturated carbocycles. The molecule has 0 unspecified atom stereocenters. The number of nitrogens with zero attached hydrogens (tertiary/aromatic N) is 1. The number of nitrogens with two attached hydrogens (primary N) is 1. The van der Waals surface area contributed by atoms with E-state index in [1.807, 2.05) is 24.3 Å². The molecule has 0 fully saturated rings. The average Bonchev–Trinajstić information content (AvgIpc) is 2.55. The molecule has 4 N–H and O–H groups in total. The first-order valence-corrected chi connectivity index (χ1v) is 4.92. The molecule has 1 aliphatic heterocycles.